The first-order valence-corrected chi connectivity index (χ1v) is 10.6. The number of furan rings is 1. The van der Waals surface area contributed by atoms with E-state index in [0.717, 1.165) is 24.3 Å². The molecule has 0 aliphatic heterocycles. The quantitative estimate of drug-likeness (QED) is 0.617. The Labute approximate surface area is 169 Å². The van der Waals surface area contributed by atoms with Crippen LogP contribution < -0.4 is 5.32 Å². The summed E-state index contributed by atoms with van der Waals surface area (Å²) in [7, 11) is 0. The zero-order chi connectivity index (χ0) is 20.1. The first-order valence-electron chi connectivity index (χ1n) is 10.6. The van der Waals surface area contributed by atoms with E-state index in [1.807, 2.05) is 12.1 Å². The fourth-order valence-electron chi connectivity index (χ4n) is 4.24. The molecule has 1 aromatic carbocycles. The van der Waals surface area contributed by atoms with E-state index in [0.29, 0.717) is 31.0 Å². The van der Waals surface area contributed by atoms with Gasteiger partial charge in [-0.05, 0) is 47.9 Å². The summed E-state index contributed by atoms with van der Waals surface area (Å²) in [4.78, 5) is 15.4. The molecule has 1 fully saturated rings. The van der Waals surface area contributed by atoms with Gasteiger partial charge in [0.15, 0.2) is 0 Å². The van der Waals surface area contributed by atoms with Gasteiger partial charge in [-0.1, -0.05) is 58.7 Å². The molecule has 0 atom stereocenters. The normalized spacial score (nSPS) is 15.1. The minimum atomic E-state index is 0.0634. The highest BCUT2D eigenvalue weighted by Gasteiger charge is 2.26. The number of hydrogen-bond donors (Lipinski definition) is 1. The van der Waals surface area contributed by atoms with Gasteiger partial charge in [-0.25, -0.2) is 0 Å². The molecule has 1 aliphatic rings. The van der Waals surface area contributed by atoms with Crippen LogP contribution in [0.5, 0.6) is 0 Å². The fraction of sp³-hybridized carbons (Fsp3) is 0.542. The van der Waals surface area contributed by atoms with Crippen LogP contribution in [0.1, 0.15) is 82.1 Å². The molecule has 1 aliphatic carbocycles. The number of carbonyl (C=O) groups excluding carboxylic acids is 1. The van der Waals surface area contributed by atoms with Gasteiger partial charge in [0.2, 0.25) is 5.91 Å². The van der Waals surface area contributed by atoms with Gasteiger partial charge in [0, 0.05) is 11.7 Å². The van der Waals surface area contributed by atoms with Crippen molar-refractivity contribution in [1.82, 2.24) is 4.90 Å². The molecular weight excluding hydrogens is 348 g/mol. The van der Waals surface area contributed by atoms with Gasteiger partial charge < -0.3 is 9.73 Å². The average Bonchev–Trinajstić information content (AvgIpc) is 3.34. The molecule has 0 radical (unpaired) electrons. The number of nitrogens with one attached hydrogen (secondary N) is 1. The van der Waals surface area contributed by atoms with Gasteiger partial charge in [0.1, 0.15) is 5.76 Å². The highest BCUT2D eigenvalue weighted by atomic mass is 16.3. The summed E-state index contributed by atoms with van der Waals surface area (Å²) in [5.41, 5.74) is 3.41. The SMILES string of the molecule is CC(C)c1cccc(C(C)C)c1NC(=O)CN(Cc1ccco1)C1CCCC1. The van der Waals surface area contributed by atoms with E-state index < -0.39 is 0 Å². The number of carbonyl (C=O) groups is 1. The largest absolute Gasteiger partial charge is 0.468 e. The maximum absolute atomic E-state index is 13.1. The van der Waals surface area contributed by atoms with E-state index in [9.17, 15) is 4.79 Å². The smallest absolute Gasteiger partial charge is 0.238 e. The molecule has 0 saturated heterocycles. The van der Waals surface area contributed by atoms with E-state index >= 15 is 0 Å². The highest BCUT2D eigenvalue weighted by molar-refractivity contribution is 5.94. The maximum Gasteiger partial charge on any atom is 0.238 e. The summed E-state index contributed by atoms with van der Waals surface area (Å²) in [6, 6.07) is 10.7. The van der Waals surface area contributed by atoms with Gasteiger partial charge in [-0.3, -0.25) is 9.69 Å². The molecule has 152 valence electrons. The topological polar surface area (TPSA) is 45.5 Å². The molecule has 4 heteroatoms. The molecule has 0 spiro atoms. The van der Waals surface area contributed by atoms with Crippen molar-refractivity contribution in [2.24, 2.45) is 0 Å². The second-order valence-corrected chi connectivity index (χ2v) is 8.59. The monoisotopic (exact) mass is 382 g/mol. The van der Waals surface area contributed by atoms with Gasteiger partial charge in [0.05, 0.1) is 19.4 Å². The molecule has 0 bridgehead atoms. The van der Waals surface area contributed by atoms with Crippen molar-refractivity contribution in [3.63, 3.8) is 0 Å². The Hall–Kier alpha value is -2.07. The molecular formula is C24H34N2O2. The van der Waals surface area contributed by atoms with Crippen molar-refractivity contribution >= 4 is 11.6 Å². The van der Waals surface area contributed by atoms with E-state index in [2.05, 4.69) is 56.1 Å². The zero-order valence-electron chi connectivity index (χ0n) is 17.7. The molecule has 1 heterocycles. The molecule has 1 N–H and O–H groups in total. The van der Waals surface area contributed by atoms with Gasteiger partial charge in [-0.2, -0.15) is 0 Å². The Kier molecular flexibility index (Phi) is 6.95. The lowest BCUT2D eigenvalue weighted by atomic mass is 9.92. The van der Waals surface area contributed by atoms with E-state index in [1.54, 1.807) is 6.26 Å². The number of nitrogens with zero attached hydrogens (tertiary/aromatic N) is 1. The second-order valence-electron chi connectivity index (χ2n) is 8.59. The Morgan fingerprint density at radius 1 is 1.07 bits per heavy atom. The molecule has 1 amide bonds. The predicted molar refractivity (Wildman–Crippen MR) is 115 cm³/mol. The number of anilines is 1. The Bertz CT molecular complexity index is 733. The van der Waals surface area contributed by atoms with E-state index in [-0.39, 0.29) is 5.91 Å². The Morgan fingerprint density at radius 2 is 1.71 bits per heavy atom. The van der Waals surface area contributed by atoms with Crippen LogP contribution in [0.3, 0.4) is 0 Å². The standard InChI is InChI=1S/C24H34N2O2/c1-17(2)21-12-7-13-22(18(3)4)24(21)25-23(27)16-26(19-9-5-6-10-19)15-20-11-8-14-28-20/h7-8,11-14,17-19H,5-6,9-10,15-16H2,1-4H3,(H,25,27). The lowest BCUT2D eigenvalue weighted by Gasteiger charge is -2.28. The van der Waals surface area contributed by atoms with Crippen LogP contribution in [-0.2, 0) is 11.3 Å². The number of amides is 1. The number of para-hydroxylation sites is 1. The second kappa shape index (κ2) is 9.42. The highest BCUT2D eigenvalue weighted by Crippen LogP contribution is 2.32. The third-order valence-corrected chi connectivity index (χ3v) is 5.76. The molecule has 28 heavy (non-hydrogen) atoms. The number of benzene rings is 1. The summed E-state index contributed by atoms with van der Waals surface area (Å²) < 4.78 is 5.55. The van der Waals surface area contributed by atoms with Crippen LogP contribution in [0.4, 0.5) is 5.69 Å². The fourth-order valence-corrected chi connectivity index (χ4v) is 4.24. The van der Waals surface area contributed by atoms with Crippen LogP contribution in [0, 0.1) is 0 Å². The molecule has 3 rings (SSSR count). The number of hydrogen-bond acceptors (Lipinski definition) is 3. The zero-order valence-corrected chi connectivity index (χ0v) is 17.7. The molecule has 4 nitrogen and oxygen atoms in total. The Balaban J connectivity index is 1.77. The minimum absolute atomic E-state index is 0.0634. The number of rotatable bonds is 8. The van der Waals surface area contributed by atoms with Crippen molar-refractivity contribution < 1.29 is 9.21 Å². The Morgan fingerprint density at radius 3 is 2.25 bits per heavy atom. The van der Waals surface area contributed by atoms with Crippen molar-refractivity contribution in [2.45, 2.75) is 77.8 Å². The van der Waals surface area contributed by atoms with Crippen LogP contribution in [0.25, 0.3) is 0 Å². The van der Waals surface area contributed by atoms with E-state index in [4.69, 9.17) is 4.42 Å². The van der Waals surface area contributed by atoms with Crippen molar-refractivity contribution in [1.29, 1.82) is 0 Å². The van der Waals surface area contributed by atoms with E-state index in [1.165, 1.54) is 24.0 Å². The van der Waals surface area contributed by atoms with Gasteiger partial charge in [-0.15, -0.1) is 0 Å². The van der Waals surface area contributed by atoms with Crippen LogP contribution in [-0.4, -0.2) is 23.4 Å². The summed E-state index contributed by atoms with van der Waals surface area (Å²) in [6.07, 6.45) is 6.51. The first kappa shape index (κ1) is 20.7. The van der Waals surface area contributed by atoms with Gasteiger partial charge >= 0.3 is 0 Å². The third-order valence-electron chi connectivity index (χ3n) is 5.76. The summed E-state index contributed by atoms with van der Waals surface area (Å²) >= 11 is 0. The first-order chi connectivity index (χ1) is 13.5. The molecule has 1 saturated carbocycles. The molecule has 1 aromatic heterocycles. The van der Waals surface area contributed by atoms with Crippen molar-refractivity contribution in [3.8, 4) is 0 Å². The molecule has 0 unspecified atom stereocenters. The summed E-state index contributed by atoms with van der Waals surface area (Å²) in [5.74, 6) is 1.71. The minimum Gasteiger partial charge on any atom is -0.468 e. The maximum atomic E-state index is 13.1. The lowest BCUT2D eigenvalue weighted by Crippen LogP contribution is -2.39. The van der Waals surface area contributed by atoms with Gasteiger partial charge in [0.25, 0.3) is 0 Å². The van der Waals surface area contributed by atoms with Crippen LogP contribution in [0.15, 0.2) is 41.0 Å². The lowest BCUT2D eigenvalue weighted by molar-refractivity contribution is -0.118. The summed E-state index contributed by atoms with van der Waals surface area (Å²) in [6.45, 7) is 9.80. The van der Waals surface area contributed by atoms with Crippen molar-refractivity contribution in [3.05, 3.63) is 53.5 Å². The molecule has 2 aromatic rings. The third kappa shape index (κ3) is 5.05. The van der Waals surface area contributed by atoms with Crippen LogP contribution in [0.2, 0.25) is 0 Å². The van der Waals surface area contributed by atoms with Crippen LogP contribution >= 0.6 is 0 Å². The predicted octanol–water partition coefficient (Wildman–Crippen LogP) is 5.91. The van der Waals surface area contributed by atoms with Crippen molar-refractivity contribution in [2.75, 3.05) is 11.9 Å². The average molecular weight is 383 g/mol. The summed E-state index contributed by atoms with van der Waals surface area (Å²) in [5, 5.41) is 3.26.